The third-order valence-corrected chi connectivity index (χ3v) is 5.58. The van der Waals surface area contributed by atoms with Crippen LogP contribution in [0.2, 0.25) is 0 Å². The van der Waals surface area contributed by atoms with Crippen LogP contribution < -0.4 is 15.5 Å². The van der Waals surface area contributed by atoms with Crippen molar-refractivity contribution < 1.29 is 4.79 Å². The van der Waals surface area contributed by atoms with E-state index in [4.69, 9.17) is 0 Å². The molecule has 1 atom stereocenters. The maximum Gasteiger partial charge on any atom is 0.242 e. The number of amides is 1. The van der Waals surface area contributed by atoms with Gasteiger partial charge in [-0.25, -0.2) is 9.97 Å². The third-order valence-electron chi connectivity index (χ3n) is 5.08. The Morgan fingerprint density at radius 2 is 2.10 bits per heavy atom. The van der Waals surface area contributed by atoms with Crippen LogP contribution in [0.15, 0.2) is 41.1 Å². The Morgan fingerprint density at radius 3 is 2.83 bits per heavy atom. The molecule has 1 amide bonds. The van der Waals surface area contributed by atoms with Crippen molar-refractivity contribution in [2.24, 2.45) is 5.41 Å². The number of aromatic nitrogens is 2. The van der Waals surface area contributed by atoms with E-state index in [9.17, 15) is 4.79 Å². The highest BCUT2D eigenvalue weighted by Crippen LogP contribution is 2.27. The van der Waals surface area contributed by atoms with Crippen LogP contribution in [-0.2, 0) is 4.79 Å². The predicted octanol–water partition coefficient (Wildman–Crippen LogP) is 3.66. The van der Waals surface area contributed by atoms with E-state index in [0.717, 1.165) is 41.9 Å². The highest BCUT2D eigenvalue weighted by Gasteiger charge is 2.32. The predicted molar refractivity (Wildman–Crippen MR) is 125 cm³/mol. The van der Waals surface area contributed by atoms with E-state index in [1.165, 1.54) is 0 Å². The van der Waals surface area contributed by atoms with Gasteiger partial charge in [-0.2, -0.15) is 0 Å². The molecule has 2 aromatic rings. The van der Waals surface area contributed by atoms with Gasteiger partial charge < -0.3 is 20.4 Å². The van der Waals surface area contributed by atoms with Crippen molar-refractivity contribution in [2.45, 2.75) is 32.7 Å². The molecule has 1 fully saturated rings. The summed E-state index contributed by atoms with van der Waals surface area (Å²) in [6.07, 6.45) is 3.35. The quantitative estimate of drug-likeness (QED) is 0.607. The fraction of sp³-hybridized carbons (Fsp3) is 0.500. The lowest BCUT2D eigenvalue weighted by molar-refractivity contribution is -0.122. The smallest absolute Gasteiger partial charge is 0.242 e. The summed E-state index contributed by atoms with van der Waals surface area (Å²) in [6.45, 7) is 6.71. The summed E-state index contributed by atoms with van der Waals surface area (Å²) in [5, 5.41) is 6.46. The Bertz CT molecular complexity index is 872. The van der Waals surface area contributed by atoms with Crippen molar-refractivity contribution in [3.8, 4) is 0 Å². The van der Waals surface area contributed by atoms with E-state index in [0.29, 0.717) is 12.4 Å². The van der Waals surface area contributed by atoms with Crippen LogP contribution in [0.3, 0.4) is 0 Å². The zero-order chi connectivity index (χ0) is 21.7. The maximum absolute atomic E-state index is 12.9. The second kappa shape index (κ2) is 9.75. The van der Waals surface area contributed by atoms with Crippen molar-refractivity contribution >= 4 is 39.2 Å². The Morgan fingerprint density at radius 1 is 1.30 bits per heavy atom. The van der Waals surface area contributed by atoms with E-state index < -0.39 is 0 Å². The molecule has 1 unspecified atom stereocenters. The number of hydrogen-bond donors (Lipinski definition) is 2. The highest BCUT2D eigenvalue weighted by atomic mass is 79.9. The largest absolute Gasteiger partial charge is 0.354 e. The summed E-state index contributed by atoms with van der Waals surface area (Å²) in [4.78, 5) is 26.0. The van der Waals surface area contributed by atoms with Gasteiger partial charge in [-0.15, -0.1) is 0 Å². The number of carbonyl (C=O) groups excluding carboxylic acids is 1. The van der Waals surface area contributed by atoms with Gasteiger partial charge in [-0.1, -0.05) is 35.8 Å². The molecule has 1 aliphatic rings. The van der Waals surface area contributed by atoms with Crippen molar-refractivity contribution in [1.29, 1.82) is 0 Å². The first kappa shape index (κ1) is 22.5. The van der Waals surface area contributed by atoms with E-state index in [-0.39, 0.29) is 17.4 Å². The molecule has 30 heavy (non-hydrogen) atoms. The minimum absolute atomic E-state index is 0.0125. The summed E-state index contributed by atoms with van der Waals surface area (Å²) >= 11 is 3.48. The normalized spacial score (nSPS) is 16.7. The Labute approximate surface area is 187 Å². The van der Waals surface area contributed by atoms with Crippen LogP contribution in [0, 0.1) is 5.41 Å². The van der Waals surface area contributed by atoms with Gasteiger partial charge in [-0.05, 0) is 50.6 Å². The van der Waals surface area contributed by atoms with E-state index in [1.54, 1.807) is 6.33 Å². The second-order valence-electron chi connectivity index (χ2n) is 8.87. The first-order valence-electron chi connectivity index (χ1n) is 10.3. The van der Waals surface area contributed by atoms with E-state index in [1.807, 2.05) is 30.3 Å². The van der Waals surface area contributed by atoms with Crippen LogP contribution in [0.5, 0.6) is 0 Å². The number of halogens is 1. The Kier molecular flexibility index (Phi) is 7.31. The van der Waals surface area contributed by atoms with Gasteiger partial charge in [0.05, 0.1) is 0 Å². The number of hydrogen-bond acceptors (Lipinski definition) is 6. The molecule has 3 rings (SSSR count). The standard InChI is InChI=1S/C22H31BrN6O/c1-22(2,14-28(3)4)13-24-21(30)18-9-6-10-29(18)20-12-19(25-15-26-20)27-17-8-5-7-16(23)11-17/h5,7-8,11-12,15,18H,6,9-10,13-14H2,1-4H3,(H,24,30)(H,25,26,27). The average Bonchev–Trinajstić information content (AvgIpc) is 3.15. The topological polar surface area (TPSA) is 73.4 Å². The number of nitrogens with one attached hydrogen (secondary N) is 2. The molecule has 1 aromatic heterocycles. The molecule has 2 heterocycles. The van der Waals surface area contributed by atoms with Crippen molar-refractivity contribution in [1.82, 2.24) is 20.2 Å². The lowest BCUT2D eigenvalue weighted by Crippen LogP contribution is -2.47. The van der Waals surface area contributed by atoms with Gasteiger partial charge >= 0.3 is 0 Å². The number of nitrogens with zero attached hydrogens (tertiary/aromatic N) is 4. The third kappa shape index (κ3) is 6.15. The Balaban J connectivity index is 1.67. The van der Waals surface area contributed by atoms with Gasteiger partial charge in [0.25, 0.3) is 0 Å². The molecule has 2 N–H and O–H groups in total. The molecular weight excluding hydrogens is 444 g/mol. The lowest BCUT2D eigenvalue weighted by atomic mass is 9.93. The molecule has 8 heteroatoms. The second-order valence-corrected chi connectivity index (χ2v) is 9.78. The molecular formula is C22H31BrN6O. The number of rotatable bonds is 8. The van der Waals surface area contributed by atoms with Crippen LogP contribution >= 0.6 is 15.9 Å². The maximum atomic E-state index is 12.9. The summed E-state index contributed by atoms with van der Waals surface area (Å²) in [5.74, 6) is 1.54. The summed E-state index contributed by atoms with van der Waals surface area (Å²) in [7, 11) is 4.11. The van der Waals surface area contributed by atoms with Crippen molar-refractivity contribution in [3.63, 3.8) is 0 Å². The first-order chi connectivity index (χ1) is 14.2. The van der Waals surface area contributed by atoms with Gasteiger partial charge in [0.2, 0.25) is 5.91 Å². The molecule has 1 aromatic carbocycles. The first-order valence-corrected chi connectivity index (χ1v) is 11.1. The fourth-order valence-electron chi connectivity index (χ4n) is 3.96. The monoisotopic (exact) mass is 474 g/mol. The van der Waals surface area contributed by atoms with Crippen LogP contribution in [0.25, 0.3) is 0 Å². The average molecular weight is 475 g/mol. The molecule has 0 aliphatic carbocycles. The van der Waals surface area contributed by atoms with Crippen LogP contribution in [0.1, 0.15) is 26.7 Å². The van der Waals surface area contributed by atoms with Crippen LogP contribution in [0.4, 0.5) is 17.3 Å². The van der Waals surface area contributed by atoms with E-state index in [2.05, 4.69) is 74.3 Å². The van der Waals surface area contributed by atoms with Crippen LogP contribution in [-0.4, -0.2) is 60.5 Å². The van der Waals surface area contributed by atoms with Gasteiger partial charge in [0.1, 0.15) is 24.0 Å². The molecule has 0 saturated carbocycles. The molecule has 0 bridgehead atoms. The molecule has 0 spiro atoms. The number of benzene rings is 1. The number of carbonyl (C=O) groups is 1. The minimum atomic E-state index is -0.200. The fourth-order valence-corrected chi connectivity index (χ4v) is 4.36. The van der Waals surface area contributed by atoms with Gasteiger partial charge in [0.15, 0.2) is 0 Å². The molecule has 1 saturated heterocycles. The van der Waals surface area contributed by atoms with E-state index >= 15 is 0 Å². The molecule has 0 radical (unpaired) electrons. The minimum Gasteiger partial charge on any atom is -0.354 e. The number of anilines is 3. The van der Waals surface area contributed by atoms with Gasteiger partial charge in [-0.3, -0.25) is 4.79 Å². The lowest BCUT2D eigenvalue weighted by Gasteiger charge is -2.30. The summed E-state index contributed by atoms with van der Waals surface area (Å²) < 4.78 is 0.996. The molecule has 7 nitrogen and oxygen atoms in total. The zero-order valence-electron chi connectivity index (χ0n) is 18.2. The van der Waals surface area contributed by atoms with Crippen molar-refractivity contribution in [3.05, 3.63) is 41.1 Å². The summed E-state index contributed by atoms with van der Waals surface area (Å²) in [5.41, 5.74) is 0.950. The molecule has 1 aliphatic heterocycles. The molecule has 162 valence electrons. The zero-order valence-corrected chi connectivity index (χ0v) is 19.7. The SMILES string of the molecule is CN(C)CC(C)(C)CNC(=O)C1CCCN1c1cc(Nc2cccc(Br)c2)ncn1. The van der Waals surface area contributed by atoms with Crippen molar-refractivity contribution in [2.75, 3.05) is 43.9 Å². The van der Waals surface area contributed by atoms with Gasteiger partial charge in [0, 0.05) is 35.9 Å². The Hall–Kier alpha value is -2.19. The highest BCUT2D eigenvalue weighted by molar-refractivity contribution is 9.10. The summed E-state index contributed by atoms with van der Waals surface area (Å²) in [6, 6.07) is 9.62.